The number of carbonyl (C=O) groups excluding carboxylic acids is 2. The second kappa shape index (κ2) is 8.91. The molecule has 16 heavy (non-hydrogen) atoms. The molecule has 0 saturated heterocycles. The summed E-state index contributed by atoms with van der Waals surface area (Å²) in [5.41, 5.74) is 5.18. The lowest BCUT2D eigenvalue weighted by Gasteiger charge is -2.14. The molecule has 0 aromatic heterocycles. The molecule has 0 heterocycles. The van der Waals surface area contributed by atoms with Gasteiger partial charge in [-0.3, -0.25) is 9.59 Å². The third-order valence-electron chi connectivity index (χ3n) is 2.02. The van der Waals surface area contributed by atoms with Gasteiger partial charge in [0.2, 0.25) is 11.8 Å². The molecule has 5 nitrogen and oxygen atoms in total. The molecule has 0 aliphatic rings. The summed E-state index contributed by atoms with van der Waals surface area (Å²) in [4.78, 5) is 22.3. The average Bonchev–Trinajstić information content (AvgIpc) is 2.25. The van der Waals surface area contributed by atoms with Crippen molar-refractivity contribution in [3.05, 3.63) is 12.7 Å². The summed E-state index contributed by atoms with van der Waals surface area (Å²) in [5.74, 6) is -0.835. The number of primary amides is 1. The summed E-state index contributed by atoms with van der Waals surface area (Å²) in [5, 5.41) is 2.54. The van der Waals surface area contributed by atoms with E-state index in [-0.39, 0.29) is 12.5 Å². The van der Waals surface area contributed by atoms with Gasteiger partial charge in [-0.2, -0.15) is 0 Å². The first-order chi connectivity index (χ1) is 7.61. The summed E-state index contributed by atoms with van der Waals surface area (Å²) in [7, 11) is 0. The highest BCUT2D eigenvalue weighted by Gasteiger charge is 2.16. The molecule has 0 aromatic carbocycles. The Balaban J connectivity index is 3.96. The fraction of sp³-hybridized carbons (Fsp3) is 0.636. The van der Waals surface area contributed by atoms with Crippen molar-refractivity contribution in [1.29, 1.82) is 0 Å². The number of hydrogen-bond donors (Lipinski definition) is 2. The molecule has 0 fully saturated rings. The van der Waals surface area contributed by atoms with Gasteiger partial charge in [-0.25, -0.2) is 0 Å². The van der Waals surface area contributed by atoms with E-state index in [9.17, 15) is 9.59 Å². The number of hydrogen-bond acceptors (Lipinski definition) is 3. The number of carbonyl (C=O) groups is 2. The van der Waals surface area contributed by atoms with Crippen molar-refractivity contribution in [2.75, 3.05) is 13.2 Å². The van der Waals surface area contributed by atoms with E-state index in [1.165, 1.54) is 0 Å². The molecule has 0 bridgehead atoms. The summed E-state index contributed by atoms with van der Waals surface area (Å²) >= 11 is 0. The molecule has 5 heteroatoms. The maximum absolute atomic E-state index is 11.3. The summed E-state index contributed by atoms with van der Waals surface area (Å²) in [6, 6.07) is -0.618. The van der Waals surface area contributed by atoms with E-state index in [0.29, 0.717) is 13.0 Å². The molecule has 0 saturated carbocycles. The number of ether oxygens (including phenoxy) is 1. The Labute approximate surface area is 96.0 Å². The van der Waals surface area contributed by atoms with Gasteiger partial charge in [0.1, 0.15) is 12.6 Å². The van der Waals surface area contributed by atoms with Crippen LogP contribution < -0.4 is 11.1 Å². The first kappa shape index (κ1) is 14.6. The Morgan fingerprint density at radius 3 is 2.75 bits per heavy atom. The highest BCUT2D eigenvalue weighted by Crippen LogP contribution is 2.01. The maximum atomic E-state index is 11.3. The van der Waals surface area contributed by atoms with Crippen molar-refractivity contribution in [2.24, 2.45) is 5.73 Å². The first-order valence-electron chi connectivity index (χ1n) is 5.39. The maximum Gasteiger partial charge on any atom is 0.246 e. The summed E-state index contributed by atoms with van der Waals surface area (Å²) < 4.78 is 4.92. The van der Waals surface area contributed by atoms with Crippen molar-refractivity contribution >= 4 is 11.8 Å². The standard InChI is InChI=1S/C11H20N2O3/c1-3-5-6-7-9(11(12)15)13-10(14)8-16-4-2/h3,9H,1,4-8H2,2H3,(H2,12,15)(H,13,14)/t9-/m0/s1. The number of unbranched alkanes of at least 4 members (excludes halogenated alkanes) is 1. The third-order valence-corrected chi connectivity index (χ3v) is 2.02. The smallest absolute Gasteiger partial charge is 0.246 e. The highest BCUT2D eigenvalue weighted by atomic mass is 16.5. The Bertz CT molecular complexity index is 241. The van der Waals surface area contributed by atoms with Gasteiger partial charge in [0.05, 0.1) is 0 Å². The predicted molar refractivity (Wildman–Crippen MR) is 61.7 cm³/mol. The van der Waals surface area contributed by atoms with Gasteiger partial charge in [-0.15, -0.1) is 6.58 Å². The molecule has 2 amide bonds. The van der Waals surface area contributed by atoms with Gasteiger partial charge in [-0.05, 0) is 26.2 Å². The van der Waals surface area contributed by atoms with E-state index < -0.39 is 11.9 Å². The molecule has 0 aromatic rings. The van der Waals surface area contributed by atoms with Crippen LogP contribution in [0.3, 0.4) is 0 Å². The zero-order valence-electron chi connectivity index (χ0n) is 9.70. The van der Waals surface area contributed by atoms with Crippen LogP contribution in [0.5, 0.6) is 0 Å². The largest absolute Gasteiger partial charge is 0.372 e. The lowest BCUT2D eigenvalue weighted by atomic mass is 10.1. The molecule has 0 radical (unpaired) electrons. The molecular formula is C11H20N2O3. The van der Waals surface area contributed by atoms with Crippen LogP contribution >= 0.6 is 0 Å². The zero-order valence-corrected chi connectivity index (χ0v) is 9.70. The van der Waals surface area contributed by atoms with Gasteiger partial charge in [-0.1, -0.05) is 6.08 Å². The van der Waals surface area contributed by atoms with E-state index >= 15 is 0 Å². The normalized spacial score (nSPS) is 11.8. The Kier molecular flexibility index (Phi) is 8.15. The number of allylic oxidation sites excluding steroid dienone is 1. The summed E-state index contributed by atoms with van der Waals surface area (Å²) in [6.45, 7) is 5.80. The van der Waals surface area contributed by atoms with Crippen LogP contribution in [0.1, 0.15) is 26.2 Å². The third kappa shape index (κ3) is 7.00. The topological polar surface area (TPSA) is 81.4 Å². The van der Waals surface area contributed by atoms with Gasteiger partial charge in [0.15, 0.2) is 0 Å². The first-order valence-corrected chi connectivity index (χ1v) is 5.39. The van der Waals surface area contributed by atoms with Crippen LogP contribution in [-0.2, 0) is 14.3 Å². The van der Waals surface area contributed by atoms with E-state index in [1.807, 2.05) is 0 Å². The molecule has 1 atom stereocenters. The van der Waals surface area contributed by atoms with E-state index in [1.54, 1.807) is 13.0 Å². The minimum Gasteiger partial charge on any atom is -0.372 e. The van der Waals surface area contributed by atoms with E-state index in [4.69, 9.17) is 10.5 Å². The second-order valence-corrected chi connectivity index (χ2v) is 3.38. The van der Waals surface area contributed by atoms with Gasteiger partial charge >= 0.3 is 0 Å². The minimum absolute atomic E-state index is 0.0399. The average molecular weight is 228 g/mol. The summed E-state index contributed by atoms with van der Waals surface area (Å²) in [6.07, 6.45) is 3.86. The molecule has 3 N–H and O–H groups in total. The van der Waals surface area contributed by atoms with E-state index in [2.05, 4.69) is 11.9 Å². The lowest BCUT2D eigenvalue weighted by molar-refractivity contribution is -0.130. The molecule has 0 rings (SSSR count). The van der Waals surface area contributed by atoms with Crippen molar-refractivity contribution in [2.45, 2.75) is 32.2 Å². The highest BCUT2D eigenvalue weighted by molar-refractivity contribution is 5.86. The Morgan fingerprint density at radius 2 is 2.25 bits per heavy atom. The quantitative estimate of drug-likeness (QED) is 0.441. The van der Waals surface area contributed by atoms with Gasteiger partial charge < -0.3 is 15.8 Å². The number of rotatable bonds is 9. The predicted octanol–water partition coefficient (Wildman–Crippen LogP) is 0.349. The molecule has 0 spiro atoms. The number of nitrogens with two attached hydrogens (primary N) is 1. The number of nitrogens with one attached hydrogen (secondary N) is 1. The monoisotopic (exact) mass is 228 g/mol. The lowest BCUT2D eigenvalue weighted by Crippen LogP contribution is -2.45. The van der Waals surface area contributed by atoms with E-state index in [0.717, 1.165) is 12.8 Å². The van der Waals surface area contributed by atoms with Crippen LogP contribution in [0, 0.1) is 0 Å². The second-order valence-electron chi connectivity index (χ2n) is 3.38. The Morgan fingerprint density at radius 1 is 1.56 bits per heavy atom. The van der Waals surface area contributed by atoms with Crippen molar-refractivity contribution in [1.82, 2.24) is 5.32 Å². The number of amides is 2. The van der Waals surface area contributed by atoms with Crippen LogP contribution in [0.15, 0.2) is 12.7 Å². The molecule has 0 aliphatic heterocycles. The Hall–Kier alpha value is -1.36. The fourth-order valence-electron chi connectivity index (χ4n) is 1.18. The van der Waals surface area contributed by atoms with Gasteiger partial charge in [0.25, 0.3) is 0 Å². The van der Waals surface area contributed by atoms with Crippen LogP contribution in [0.4, 0.5) is 0 Å². The fourth-order valence-corrected chi connectivity index (χ4v) is 1.18. The van der Waals surface area contributed by atoms with Crippen molar-refractivity contribution in [3.63, 3.8) is 0 Å². The van der Waals surface area contributed by atoms with Crippen LogP contribution in [0.25, 0.3) is 0 Å². The molecular weight excluding hydrogens is 208 g/mol. The molecule has 92 valence electrons. The minimum atomic E-state index is -0.618. The van der Waals surface area contributed by atoms with Gasteiger partial charge in [0, 0.05) is 6.61 Å². The molecule has 0 aliphatic carbocycles. The van der Waals surface area contributed by atoms with Crippen LogP contribution in [0.2, 0.25) is 0 Å². The van der Waals surface area contributed by atoms with Crippen molar-refractivity contribution in [3.8, 4) is 0 Å². The molecule has 0 unspecified atom stereocenters. The van der Waals surface area contributed by atoms with Crippen LogP contribution in [-0.4, -0.2) is 31.1 Å². The zero-order chi connectivity index (χ0) is 12.4. The SMILES string of the molecule is C=CCCC[C@H](NC(=O)COCC)C(N)=O. The van der Waals surface area contributed by atoms with Crippen molar-refractivity contribution < 1.29 is 14.3 Å².